The zero-order valence-corrected chi connectivity index (χ0v) is 12.1. The summed E-state index contributed by atoms with van der Waals surface area (Å²) in [6.45, 7) is 7.11. The molecule has 3 nitrogen and oxygen atoms in total. The number of ether oxygens (including phenoxy) is 1. The average molecular weight is 261 g/mol. The smallest absolute Gasteiger partial charge is 0.0725 e. The Balaban J connectivity index is 1.93. The van der Waals surface area contributed by atoms with Crippen molar-refractivity contribution in [1.29, 1.82) is 0 Å². The first-order valence-corrected chi connectivity index (χ1v) is 6.98. The molecule has 2 rings (SSSR count). The maximum absolute atomic E-state index is 8.73. The minimum atomic E-state index is 0.297. The lowest BCUT2D eigenvalue weighted by atomic mass is 9.95. The Kier molecular flexibility index (Phi) is 4.59. The van der Waals surface area contributed by atoms with Gasteiger partial charge in [0, 0.05) is 0 Å². The Labute approximate surface area is 115 Å². The van der Waals surface area contributed by atoms with Crippen molar-refractivity contribution in [2.24, 2.45) is 5.16 Å². The molecule has 1 aliphatic carbocycles. The van der Waals surface area contributed by atoms with E-state index in [1.807, 2.05) is 0 Å². The summed E-state index contributed by atoms with van der Waals surface area (Å²) in [7, 11) is 0. The van der Waals surface area contributed by atoms with Crippen LogP contribution >= 0.6 is 0 Å². The van der Waals surface area contributed by atoms with Gasteiger partial charge in [0.05, 0.1) is 18.4 Å². The van der Waals surface area contributed by atoms with E-state index in [9.17, 15) is 0 Å². The second-order valence-electron chi connectivity index (χ2n) is 5.55. The topological polar surface area (TPSA) is 41.8 Å². The van der Waals surface area contributed by atoms with Crippen molar-refractivity contribution < 1.29 is 9.94 Å². The fraction of sp³-hybridized carbons (Fsp3) is 0.562. The first kappa shape index (κ1) is 14.1. The highest BCUT2D eigenvalue weighted by Gasteiger charge is 2.19. The number of hydrogen-bond acceptors (Lipinski definition) is 3. The Morgan fingerprint density at radius 1 is 1.16 bits per heavy atom. The van der Waals surface area contributed by atoms with E-state index >= 15 is 0 Å². The van der Waals surface area contributed by atoms with E-state index in [-0.39, 0.29) is 0 Å². The van der Waals surface area contributed by atoms with Gasteiger partial charge in [-0.25, -0.2) is 0 Å². The summed E-state index contributed by atoms with van der Waals surface area (Å²) in [6.07, 6.45) is 3.93. The third-order valence-electron chi connectivity index (χ3n) is 3.95. The van der Waals surface area contributed by atoms with Gasteiger partial charge >= 0.3 is 0 Å². The highest BCUT2D eigenvalue weighted by Crippen LogP contribution is 2.23. The Bertz CT molecular complexity index is 447. The summed E-state index contributed by atoms with van der Waals surface area (Å²) >= 11 is 0. The molecule has 1 fully saturated rings. The second-order valence-corrected chi connectivity index (χ2v) is 5.55. The molecule has 0 saturated heterocycles. The van der Waals surface area contributed by atoms with Crippen LogP contribution in [0.15, 0.2) is 17.3 Å². The van der Waals surface area contributed by atoms with Gasteiger partial charge in [-0.05, 0) is 63.1 Å². The standard InChI is InChI=1S/C16H23NO2/c1-11-8-12(2)16(13(3)9-11)10-19-15-6-4-14(17-18)5-7-15/h8-9,15,18H,4-7,10H2,1-3H3. The van der Waals surface area contributed by atoms with E-state index in [1.165, 1.54) is 22.3 Å². The normalized spacial score (nSPS) is 19.5. The molecule has 0 radical (unpaired) electrons. The molecular weight excluding hydrogens is 238 g/mol. The van der Waals surface area contributed by atoms with Crippen LogP contribution in [0.1, 0.15) is 47.9 Å². The van der Waals surface area contributed by atoms with Gasteiger partial charge in [-0.2, -0.15) is 0 Å². The van der Waals surface area contributed by atoms with Crippen LogP contribution < -0.4 is 0 Å². The monoisotopic (exact) mass is 261 g/mol. The Hall–Kier alpha value is -1.35. The van der Waals surface area contributed by atoms with Crippen LogP contribution in [0.25, 0.3) is 0 Å². The molecule has 0 aliphatic heterocycles. The van der Waals surface area contributed by atoms with E-state index < -0.39 is 0 Å². The van der Waals surface area contributed by atoms with Crippen LogP contribution in [0.2, 0.25) is 0 Å². The largest absolute Gasteiger partial charge is 0.411 e. The number of rotatable bonds is 3. The molecule has 19 heavy (non-hydrogen) atoms. The average Bonchev–Trinajstić information content (AvgIpc) is 2.38. The number of nitrogens with zero attached hydrogens (tertiary/aromatic N) is 1. The molecule has 0 heterocycles. The summed E-state index contributed by atoms with van der Waals surface area (Å²) in [6, 6.07) is 4.42. The molecule has 1 aliphatic rings. The fourth-order valence-electron chi connectivity index (χ4n) is 2.83. The van der Waals surface area contributed by atoms with Crippen molar-refractivity contribution in [2.45, 2.75) is 59.2 Å². The molecule has 1 aromatic rings. The predicted molar refractivity (Wildman–Crippen MR) is 76.9 cm³/mol. The van der Waals surface area contributed by atoms with Gasteiger partial charge < -0.3 is 9.94 Å². The van der Waals surface area contributed by atoms with E-state index in [1.54, 1.807) is 0 Å². The van der Waals surface area contributed by atoms with Gasteiger partial charge in [-0.1, -0.05) is 22.9 Å². The Morgan fingerprint density at radius 2 is 1.74 bits per heavy atom. The summed E-state index contributed by atoms with van der Waals surface area (Å²) in [5.41, 5.74) is 6.15. The SMILES string of the molecule is Cc1cc(C)c(COC2CCC(=NO)CC2)c(C)c1. The molecule has 0 unspecified atom stereocenters. The zero-order valence-electron chi connectivity index (χ0n) is 12.1. The minimum Gasteiger partial charge on any atom is -0.411 e. The molecular formula is C16H23NO2. The molecule has 0 spiro atoms. The molecule has 104 valence electrons. The highest BCUT2D eigenvalue weighted by atomic mass is 16.5. The molecule has 0 atom stereocenters. The summed E-state index contributed by atoms with van der Waals surface area (Å²) < 4.78 is 6.03. The van der Waals surface area contributed by atoms with Crippen LogP contribution in [0.4, 0.5) is 0 Å². The molecule has 1 aromatic carbocycles. The Morgan fingerprint density at radius 3 is 2.26 bits per heavy atom. The van der Waals surface area contributed by atoms with Crippen molar-refractivity contribution >= 4 is 5.71 Å². The highest BCUT2D eigenvalue weighted by molar-refractivity contribution is 5.84. The van der Waals surface area contributed by atoms with Crippen LogP contribution in [0.3, 0.4) is 0 Å². The van der Waals surface area contributed by atoms with Gasteiger partial charge in [-0.15, -0.1) is 0 Å². The van der Waals surface area contributed by atoms with Crippen molar-refractivity contribution in [3.8, 4) is 0 Å². The van der Waals surface area contributed by atoms with Crippen molar-refractivity contribution in [1.82, 2.24) is 0 Å². The lowest BCUT2D eigenvalue weighted by Gasteiger charge is -2.23. The maximum atomic E-state index is 8.73. The van der Waals surface area contributed by atoms with Gasteiger partial charge in [0.1, 0.15) is 0 Å². The first-order chi connectivity index (χ1) is 9.10. The number of aryl methyl sites for hydroxylation is 3. The van der Waals surface area contributed by atoms with E-state index in [4.69, 9.17) is 9.94 Å². The number of oxime groups is 1. The second kappa shape index (κ2) is 6.20. The van der Waals surface area contributed by atoms with E-state index in [0.29, 0.717) is 12.7 Å². The molecule has 0 bridgehead atoms. The summed E-state index contributed by atoms with van der Waals surface area (Å²) in [5, 5.41) is 12.0. The summed E-state index contributed by atoms with van der Waals surface area (Å²) in [4.78, 5) is 0. The minimum absolute atomic E-state index is 0.297. The van der Waals surface area contributed by atoms with Gasteiger partial charge in [0.25, 0.3) is 0 Å². The first-order valence-electron chi connectivity index (χ1n) is 6.98. The maximum Gasteiger partial charge on any atom is 0.0725 e. The quantitative estimate of drug-likeness (QED) is 0.662. The van der Waals surface area contributed by atoms with Crippen molar-refractivity contribution in [3.63, 3.8) is 0 Å². The van der Waals surface area contributed by atoms with Gasteiger partial charge in [-0.3, -0.25) is 0 Å². The fourth-order valence-corrected chi connectivity index (χ4v) is 2.83. The molecule has 1 saturated carbocycles. The molecule has 0 amide bonds. The molecule has 3 heteroatoms. The van der Waals surface area contributed by atoms with Crippen LogP contribution in [-0.2, 0) is 11.3 Å². The van der Waals surface area contributed by atoms with Crippen LogP contribution in [0, 0.1) is 20.8 Å². The summed E-state index contributed by atoms with van der Waals surface area (Å²) in [5.74, 6) is 0. The van der Waals surface area contributed by atoms with Crippen LogP contribution in [-0.4, -0.2) is 17.0 Å². The number of benzene rings is 1. The van der Waals surface area contributed by atoms with Crippen molar-refractivity contribution in [3.05, 3.63) is 34.4 Å². The van der Waals surface area contributed by atoms with Crippen LogP contribution in [0.5, 0.6) is 0 Å². The van der Waals surface area contributed by atoms with Gasteiger partial charge in [0.2, 0.25) is 0 Å². The molecule has 0 aromatic heterocycles. The molecule has 1 N–H and O–H groups in total. The number of hydrogen-bond donors (Lipinski definition) is 1. The van der Waals surface area contributed by atoms with Gasteiger partial charge in [0.15, 0.2) is 0 Å². The zero-order chi connectivity index (χ0) is 13.8. The lowest BCUT2D eigenvalue weighted by Crippen LogP contribution is -2.21. The third kappa shape index (κ3) is 3.57. The van der Waals surface area contributed by atoms with E-state index in [2.05, 4.69) is 38.1 Å². The lowest BCUT2D eigenvalue weighted by molar-refractivity contribution is 0.0272. The predicted octanol–water partition coefficient (Wildman–Crippen LogP) is 3.90. The third-order valence-corrected chi connectivity index (χ3v) is 3.95. The van der Waals surface area contributed by atoms with Crippen molar-refractivity contribution in [2.75, 3.05) is 0 Å². The van der Waals surface area contributed by atoms with E-state index in [0.717, 1.165) is 31.4 Å².